The van der Waals surface area contributed by atoms with Gasteiger partial charge in [0.2, 0.25) is 5.91 Å². The van der Waals surface area contributed by atoms with Crippen molar-refractivity contribution in [2.24, 2.45) is 0 Å². The first-order valence-corrected chi connectivity index (χ1v) is 8.75. The van der Waals surface area contributed by atoms with Crippen LogP contribution in [0, 0.1) is 0 Å². The molecular weight excluding hydrogens is 320 g/mol. The lowest BCUT2D eigenvalue weighted by Gasteiger charge is -2.36. The topological polar surface area (TPSA) is 67.9 Å². The minimum absolute atomic E-state index is 0.0108. The van der Waals surface area contributed by atoms with Crippen LogP contribution in [0.3, 0.4) is 0 Å². The molecule has 1 saturated heterocycles. The minimum atomic E-state index is -0.594. The lowest BCUT2D eigenvalue weighted by Crippen LogP contribution is -2.58. The number of para-hydroxylation sites is 1. The fourth-order valence-corrected chi connectivity index (χ4v) is 2.74. The summed E-state index contributed by atoms with van der Waals surface area (Å²) in [5.41, 5.74) is 0.227. The SMILES string of the molecule is CCC(=O)N(CC1OCCNC1C(=O)OC(C)(C)C)c1ccccc1. The number of rotatable bonds is 5. The molecular formula is C19H28N2O4. The van der Waals surface area contributed by atoms with Gasteiger partial charge in [-0.3, -0.25) is 14.9 Å². The predicted molar refractivity (Wildman–Crippen MR) is 96.5 cm³/mol. The van der Waals surface area contributed by atoms with E-state index in [9.17, 15) is 9.59 Å². The van der Waals surface area contributed by atoms with Gasteiger partial charge < -0.3 is 14.4 Å². The summed E-state index contributed by atoms with van der Waals surface area (Å²) in [6.45, 7) is 8.69. The van der Waals surface area contributed by atoms with E-state index in [0.717, 1.165) is 5.69 Å². The summed E-state index contributed by atoms with van der Waals surface area (Å²) in [6, 6.07) is 8.84. The second kappa shape index (κ2) is 8.45. The van der Waals surface area contributed by atoms with Gasteiger partial charge >= 0.3 is 5.97 Å². The third-order valence-corrected chi connectivity index (χ3v) is 3.86. The molecule has 1 aliphatic heterocycles. The van der Waals surface area contributed by atoms with Crippen LogP contribution in [0.2, 0.25) is 0 Å². The van der Waals surface area contributed by atoms with Crippen LogP contribution in [0.1, 0.15) is 34.1 Å². The summed E-state index contributed by atoms with van der Waals surface area (Å²) in [7, 11) is 0. The van der Waals surface area contributed by atoms with Crippen LogP contribution in [0.5, 0.6) is 0 Å². The zero-order chi connectivity index (χ0) is 18.4. The summed E-state index contributed by atoms with van der Waals surface area (Å²) < 4.78 is 11.3. The predicted octanol–water partition coefficient (Wildman–Crippen LogP) is 2.13. The van der Waals surface area contributed by atoms with E-state index in [1.807, 2.05) is 58.0 Å². The van der Waals surface area contributed by atoms with Crippen LogP contribution in [0.4, 0.5) is 5.69 Å². The average Bonchev–Trinajstić information content (AvgIpc) is 2.58. The Bertz CT molecular complexity index is 583. The Balaban J connectivity index is 2.17. The van der Waals surface area contributed by atoms with E-state index in [0.29, 0.717) is 26.1 Å². The van der Waals surface area contributed by atoms with Crippen LogP contribution in [0.25, 0.3) is 0 Å². The van der Waals surface area contributed by atoms with Gasteiger partial charge in [0.25, 0.3) is 0 Å². The van der Waals surface area contributed by atoms with Gasteiger partial charge in [-0.2, -0.15) is 0 Å². The minimum Gasteiger partial charge on any atom is -0.459 e. The number of nitrogens with zero attached hydrogens (tertiary/aromatic N) is 1. The average molecular weight is 348 g/mol. The Morgan fingerprint density at radius 2 is 1.96 bits per heavy atom. The number of carbonyl (C=O) groups excluding carboxylic acids is 2. The fourth-order valence-electron chi connectivity index (χ4n) is 2.74. The largest absolute Gasteiger partial charge is 0.459 e. The molecule has 25 heavy (non-hydrogen) atoms. The summed E-state index contributed by atoms with van der Waals surface area (Å²) >= 11 is 0. The Labute approximate surface area is 149 Å². The number of nitrogens with one attached hydrogen (secondary N) is 1. The van der Waals surface area contributed by atoms with Gasteiger partial charge in [-0.15, -0.1) is 0 Å². The molecule has 1 N–H and O–H groups in total. The lowest BCUT2D eigenvalue weighted by molar-refractivity contribution is -0.164. The zero-order valence-electron chi connectivity index (χ0n) is 15.5. The number of morpholine rings is 1. The Morgan fingerprint density at radius 3 is 2.56 bits per heavy atom. The van der Waals surface area contributed by atoms with E-state index in [-0.39, 0.29) is 11.9 Å². The summed E-state index contributed by atoms with van der Waals surface area (Å²) in [6.07, 6.45) is -0.0779. The molecule has 1 heterocycles. The van der Waals surface area contributed by atoms with E-state index in [2.05, 4.69) is 5.32 Å². The molecule has 1 aromatic rings. The maximum Gasteiger partial charge on any atom is 0.326 e. The summed E-state index contributed by atoms with van der Waals surface area (Å²) in [4.78, 5) is 26.6. The van der Waals surface area contributed by atoms with Crippen molar-refractivity contribution >= 4 is 17.6 Å². The lowest BCUT2D eigenvalue weighted by atomic mass is 10.1. The fraction of sp³-hybridized carbons (Fsp3) is 0.579. The molecule has 0 saturated carbocycles. The number of carbonyl (C=O) groups is 2. The van der Waals surface area contributed by atoms with Crippen molar-refractivity contribution in [3.8, 4) is 0 Å². The van der Waals surface area contributed by atoms with E-state index < -0.39 is 17.7 Å². The first-order chi connectivity index (χ1) is 11.8. The van der Waals surface area contributed by atoms with Gasteiger partial charge in [-0.25, -0.2) is 0 Å². The highest BCUT2D eigenvalue weighted by Gasteiger charge is 2.37. The van der Waals surface area contributed by atoms with E-state index in [1.165, 1.54) is 0 Å². The first-order valence-electron chi connectivity index (χ1n) is 8.75. The van der Waals surface area contributed by atoms with Crippen LogP contribution in [-0.4, -0.2) is 49.3 Å². The maximum atomic E-state index is 12.5. The molecule has 0 aliphatic carbocycles. The molecule has 2 atom stereocenters. The maximum absolute atomic E-state index is 12.5. The highest BCUT2D eigenvalue weighted by atomic mass is 16.6. The van der Waals surface area contributed by atoms with Crippen LogP contribution >= 0.6 is 0 Å². The van der Waals surface area contributed by atoms with Gasteiger partial charge in [-0.1, -0.05) is 25.1 Å². The monoisotopic (exact) mass is 348 g/mol. The van der Waals surface area contributed by atoms with Crippen molar-refractivity contribution in [3.05, 3.63) is 30.3 Å². The number of hydrogen-bond donors (Lipinski definition) is 1. The molecule has 2 rings (SSSR count). The van der Waals surface area contributed by atoms with Crippen LogP contribution < -0.4 is 10.2 Å². The molecule has 0 aromatic heterocycles. The summed E-state index contributed by atoms with van der Waals surface area (Å²) in [5, 5.41) is 3.17. The molecule has 0 spiro atoms. The number of esters is 1. The van der Waals surface area contributed by atoms with Crippen molar-refractivity contribution in [2.45, 2.75) is 51.9 Å². The van der Waals surface area contributed by atoms with Gasteiger partial charge in [0.15, 0.2) is 0 Å². The van der Waals surface area contributed by atoms with E-state index in [1.54, 1.807) is 4.90 Å². The normalized spacial score (nSPS) is 20.8. The van der Waals surface area contributed by atoms with E-state index >= 15 is 0 Å². The number of amides is 1. The van der Waals surface area contributed by atoms with Crippen molar-refractivity contribution in [3.63, 3.8) is 0 Å². The molecule has 0 radical (unpaired) electrons. The van der Waals surface area contributed by atoms with Crippen LogP contribution in [0.15, 0.2) is 30.3 Å². The Morgan fingerprint density at radius 1 is 1.28 bits per heavy atom. The standard InChI is InChI=1S/C19H28N2O4/c1-5-16(22)21(14-9-7-6-8-10-14)13-15-17(20-11-12-24-15)18(23)25-19(2,3)4/h6-10,15,17,20H,5,11-13H2,1-4H3. The molecule has 1 aromatic carbocycles. The second-order valence-corrected chi connectivity index (χ2v) is 7.07. The third-order valence-electron chi connectivity index (χ3n) is 3.86. The van der Waals surface area contributed by atoms with Crippen molar-refractivity contribution < 1.29 is 19.1 Å². The highest BCUT2D eigenvalue weighted by molar-refractivity contribution is 5.93. The Kier molecular flexibility index (Phi) is 6.56. The van der Waals surface area contributed by atoms with Crippen molar-refractivity contribution in [1.29, 1.82) is 0 Å². The second-order valence-electron chi connectivity index (χ2n) is 7.07. The van der Waals surface area contributed by atoms with Gasteiger partial charge in [0, 0.05) is 18.7 Å². The smallest absolute Gasteiger partial charge is 0.326 e. The number of hydrogen-bond acceptors (Lipinski definition) is 5. The van der Waals surface area contributed by atoms with Gasteiger partial charge in [0.1, 0.15) is 17.7 Å². The quantitative estimate of drug-likeness (QED) is 0.826. The molecule has 6 nitrogen and oxygen atoms in total. The van der Waals surface area contributed by atoms with Crippen molar-refractivity contribution in [1.82, 2.24) is 5.32 Å². The molecule has 138 valence electrons. The van der Waals surface area contributed by atoms with Gasteiger partial charge in [0.05, 0.1) is 13.2 Å². The van der Waals surface area contributed by atoms with Gasteiger partial charge in [-0.05, 0) is 32.9 Å². The first kappa shape index (κ1) is 19.4. The Hall–Kier alpha value is -1.92. The van der Waals surface area contributed by atoms with Crippen LogP contribution in [-0.2, 0) is 19.1 Å². The molecule has 1 aliphatic rings. The van der Waals surface area contributed by atoms with Crippen molar-refractivity contribution in [2.75, 3.05) is 24.6 Å². The number of benzene rings is 1. The summed E-state index contributed by atoms with van der Waals surface area (Å²) in [5.74, 6) is -0.363. The number of ether oxygens (including phenoxy) is 2. The number of anilines is 1. The van der Waals surface area contributed by atoms with E-state index in [4.69, 9.17) is 9.47 Å². The highest BCUT2D eigenvalue weighted by Crippen LogP contribution is 2.19. The zero-order valence-corrected chi connectivity index (χ0v) is 15.5. The molecule has 0 bridgehead atoms. The molecule has 1 amide bonds. The third kappa shape index (κ3) is 5.54. The molecule has 6 heteroatoms. The molecule has 2 unspecified atom stereocenters. The molecule has 1 fully saturated rings.